The van der Waals surface area contributed by atoms with Gasteiger partial charge < -0.3 is 15.4 Å². The average molecular weight is 336 g/mol. The molecule has 0 fully saturated rings. The molecule has 23 heavy (non-hydrogen) atoms. The van der Waals surface area contributed by atoms with Crippen LogP contribution in [0.2, 0.25) is 0 Å². The van der Waals surface area contributed by atoms with Crippen LogP contribution in [0.4, 0.5) is 5.82 Å². The van der Waals surface area contributed by atoms with Gasteiger partial charge in [0, 0.05) is 17.8 Å². The molecule has 1 aliphatic rings. The van der Waals surface area contributed by atoms with Crippen LogP contribution in [0.3, 0.4) is 0 Å². The Morgan fingerprint density at radius 2 is 2.17 bits per heavy atom. The second-order valence-electron chi connectivity index (χ2n) is 7.00. The van der Waals surface area contributed by atoms with Gasteiger partial charge in [-0.25, -0.2) is 4.79 Å². The van der Waals surface area contributed by atoms with Crippen molar-refractivity contribution in [1.82, 2.24) is 14.5 Å². The van der Waals surface area contributed by atoms with Gasteiger partial charge in [-0.05, 0) is 46.5 Å². The van der Waals surface area contributed by atoms with E-state index in [1.165, 1.54) is 10.4 Å². The van der Waals surface area contributed by atoms with Gasteiger partial charge in [0.05, 0.1) is 17.6 Å². The highest BCUT2D eigenvalue weighted by molar-refractivity contribution is 7.19. The molecule has 2 aromatic rings. The lowest BCUT2D eigenvalue weighted by Gasteiger charge is -2.30. The Kier molecular flexibility index (Phi) is 4.20. The maximum Gasteiger partial charge on any atom is 0.350 e. The van der Waals surface area contributed by atoms with Crippen molar-refractivity contribution < 1.29 is 4.74 Å². The number of anilines is 1. The van der Waals surface area contributed by atoms with Gasteiger partial charge in [0.15, 0.2) is 0 Å². The van der Waals surface area contributed by atoms with Crippen LogP contribution in [-0.2, 0) is 24.3 Å². The highest BCUT2D eigenvalue weighted by atomic mass is 32.1. The largest absolute Gasteiger partial charge is 0.383 e. The van der Waals surface area contributed by atoms with E-state index in [1.807, 2.05) is 14.1 Å². The third kappa shape index (κ3) is 3.13. The fraction of sp³-hybridized carbons (Fsp3) is 0.625. The zero-order chi connectivity index (χ0) is 16.8. The zero-order valence-electron chi connectivity index (χ0n) is 14.2. The Labute approximate surface area is 139 Å². The Morgan fingerprint density at radius 3 is 2.87 bits per heavy atom. The minimum atomic E-state index is -0.257. The lowest BCUT2D eigenvalue weighted by molar-refractivity contribution is -0.0379. The SMILES string of the molecule is CN(C)CCCn1c(=O)nc(N)c2c3c(sc21)COC(C)(C)C3. The molecule has 3 rings (SSSR count). The molecule has 0 unspecified atom stereocenters. The molecule has 126 valence electrons. The molecule has 0 bridgehead atoms. The molecule has 0 amide bonds. The lowest BCUT2D eigenvalue weighted by atomic mass is 9.94. The highest BCUT2D eigenvalue weighted by Gasteiger charge is 2.31. The summed E-state index contributed by atoms with van der Waals surface area (Å²) in [7, 11) is 4.06. The van der Waals surface area contributed by atoms with Gasteiger partial charge in [-0.3, -0.25) is 4.57 Å². The maximum atomic E-state index is 12.3. The predicted octanol–water partition coefficient (Wildman–Crippen LogP) is 1.84. The fourth-order valence-electron chi connectivity index (χ4n) is 3.04. The van der Waals surface area contributed by atoms with Crippen molar-refractivity contribution >= 4 is 27.4 Å². The van der Waals surface area contributed by atoms with Gasteiger partial charge in [0.25, 0.3) is 0 Å². The van der Waals surface area contributed by atoms with E-state index < -0.39 is 0 Å². The van der Waals surface area contributed by atoms with Crippen LogP contribution < -0.4 is 11.4 Å². The van der Waals surface area contributed by atoms with Gasteiger partial charge in [-0.1, -0.05) is 0 Å². The molecule has 0 spiro atoms. The third-order valence-corrected chi connectivity index (χ3v) is 5.43. The van der Waals surface area contributed by atoms with Crippen molar-refractivity contribution in [3.63, 3.8) is 0 Å². The summed E-state index contributed by atoms with van der Waals surface area (Å²) in [6.45, 7) is 6.32. The van der Waals surface area contributed by atoms with E-state index in [9.17, 15) is 4.79 Å². The van der Waals surface area contributed by atoms with Gasteiger partial charge in [0.1, 0.15) is 10.6 Å². The van der Waals surface area contributed by atoms with Crippen molar-refractivity contribution in [3.05, 3.63) is 20.9 Å². The molecule has 0 aromatic carbocycles. The van der Waals surface area contributed by atoms with E-state index in [0.29, 0.717) is 19.0 Å². The summed E-state index contributed by atoms with van der Waals surface area (Å²) in [6, 6.07) is 0. The summed E-state index contributed by atoms with van der Waals surface area (Å²) >= 11 is 1.62. The number of nitrogens with zero attached hydrogens (tertiary/aromatic N) is 3. The fourth-order valence-corrected chi connectivity index (χ4v) is 4.30. The second-order valence-corrected chi connectivity index (χ2v) is 8.08. The quantitative estimate of drug-likeness (QED) is 0.922. The van der Waals surface area contributed by atoms with Crippen molar-refractivity contribution in [1.29, 1.82) is 0 Å². The molecule has 0 saturated carbocycles. The van der Waals surface area contributed by atoms with Crippen LogP contribution in [0.15, 0.2) is 4.79 Å². The van der Waals surface area contributed by atoms with E-state index in [2.05, 4.69) is 23.7 Å². The molecular weight excluding hydrogens is 312 g/mol. The van der Waals surface area contributed by atoms with E-state index in [4.69, 9.17) is 10.5 Å². The second kappa shape index (κ2) is 5.89. The number of fused-ring (bicyclic) bond motifs is 3. The number of ether oxygens (including phenoxy) is 1. The summed E-state index contributed by atoms with van der Waals surface area (Å²) in [5.74, 6) is 0.351. The standard InChI is InChI=1S/C16H24N4O2S/c1-16(2)8-10-11(9-22-16)23-14-12(10)13(17)18-15(21)20(14)7-5-6-19(3)4/h5-9H2,1-4H3,(H2,17,18,21). The Hall–Kier alpha value is -1.44. The molecule has 0 atom stereocenters. The number of aryl methyl sites for hydroxylation is 1. The van der Waals surface area contributed by atoms with Crippen LogP contribution in [-0.4, -0.2) is 40.7 Å². The highest BCUT2D eigenvalue weighted by Crippen LogP contribution is 2.40. The molecule has 0 aliphatic carbocycles. The van der Waals surface area contributed by atoms with Crippen LogP contribution in [0.25, 0.3) is 10.2 Å². The molecule has 3 heterocycles. The summed E-state index contributed by atoms with van der Waals surface area (Å²) < 4.78 is 7.67. The normalized spacial score (nSPS) is 16.9. The topological polar surface area (TPSA) is 73.4 Å². The average Bonchev–Trinajstić information content (AvgIpc) is 2.79. The zero-order valence-corrected chi connectivity index (χ0v) is 15.0. The lowest BCUT2D eigenvalue weighted by Crippen LogP contribution is -2.31. The molecule has 0 radical (unpaired) electrons. The van der Waals surface area contributed by atoms with Crippen molar-refractivity contribution in [2.24, 2.45) is 0 Å². The summed E-state index contributed by atoms with van der Waals surface area (Å²) in [4.78, 5) is 20.6. The monoisotopic (exact) mass is 336 g/mol. The van der Waals surface area contributed by atoms with Crippen molar-refractivity contribution in [3.8, 4) is 0 Å². The molecule has 6 nitrogen and oxygen atoms in total. The van der Waals surface area contributed by atoms with Crippen LogP contribution in [0.1, 0.15) is 30.7 Å². The minimum Gasteiger partial charge on any atom is -0.383 e. The number of hydrogen-bond acceptors (Lipinski definition) is 6. The molecule has 2 N–H and O–H groups in total. The molecule has 2 aromatic heterocycles. The van der Waals surface area contributed by atoms with Crippen molar-refractivity contribution in [2.75, 3.05) is 26.4 Å². The summed E-state index contributed by atoms with van der Waals surface area (Å²) in [6.07, 6.45) is 1.70. The number of aromatic nitrogens is 2. The van der Waals surface area contributed by atoms with Crippen LogP contribution in [0.5, 0.6) is 0 Å². The molecule has 0 saturated heterocycles. The van der Waals surface area contributed by atoms with E-state index >= 15 is 0 Å². The van der Waals surface area contributed by atoms with Gasteiger partial charge >= 0.3 is 5.69 Å². The molecular formula is C16H24N4O2S. The third-order valence-electron chi connectivity index (χ3n) is 4.20. The molecule has 7 heteroatoms. The van der Waals surface area contributed by atoms with Gasteiger partial charge in [-0.2, -0.15) is 4.98 Å². The summed E-state index contributed by atoms with van der Waals surface area (Å²) in [5, 5.41) is 0.950. The van der Waals surface area contributed by atoms with Crippen molar-refractivity contribution in [2.45, 2.75) is 45.4 Å². The Bertz CT molecular complexity index is 791. The van der Waals surface area contributed by atoms with Gasteiger partial charge in [-0.15, -0.1) is 11.3 Å². The first-order valence-corrected chi connectivity index (χ1v) is 8.69. The van der Waals surface area contributed by atoms with E-state index in [0.717, 1.165) is 29.6 Å². The first-order valence-electron chi connectivity index (χ1n) is 7.88. The molecule has 1 aliphatic heterocycles. The minimum absolute atomic E-state index is 0.209. The van der Waals surface area contributed by atoms with Gasteiger partial charge in [0.2, 0.25) is 0 Å². The number of rotatable bonds is 4. The number of nitrogens with two attached hydrogens (primary N) is 1. The Morgan fingerprint density at radius 1 is 1.43 bits per heavy atom. The van der Waals surface area contributed by atoms with E-state index in [-0.39, 0.29) is 11.3 Å². The first-order chi connectivity index (χ1) is 10.8. The van der Waals surface area contributed by atoms with E-state index in [1.54, 1.807) is 15.9 Å². The Balaban J connectivity index is 2.08. The van der Waals surface area contributed by atoms with Crippen LogP contribution >= 0.6 is 11.3 Å². The summed E-state index contributed by atoms with van der Waals surface area (Å²) in [5.41, 5.74) is 6.83. The van der Waals surface area contributed by atoms with Crippen LogP contribution in [0, 0.1) is 0 Å². The predicted molar refractivity (Wildman–Crippen MR) is 94.0 cm³/mol. The smallest absolute Gasteiger partial charge is 0.350 e. The maximum absolute atomic E-state index is 12.3. The first kappa shape index (κ1) is 16.4. The number of nitrogen functional groups attached to an aromatic ring is 1. The number of hydrogen-bond donors (Lipinski definition) is 1. The number of thiophene rings is 1.